The maximum atomic E-state index is 13.8. The third-order valence-electron chi connectivity index (χ3n) is 5.78. The first-order chi connectivity index (χ1) is 14.8. The predicted molar refractivity (Wildman–Crippen MR) is 113 cm³/mol. The fourth-order valence-electron chi connectivity index (χ4n) is 4.09. The molecule has 2 aliphatic rings. The number of hydrogen-bond acceptors (Lipinski definition) is 4. The highest BCUT2D eigenvalue weighted by molar-refractivity contribution is 7.99. The van der Waals surface area contributed by atoms with E-state index in [2.05, 4.69) is 9.80 Å². The van der Waals surface area contributed by atoms with E-state index >= 15 is 0 Å². The summed E-state index contributed by atoms with van der Waals surface area (Å²) in [7, 11) is 0. The number of allylic oxidation sites excluding steroid dienone is 1. The van der Waals surface area contributed by atoms with Crippen LogP contribution in [0.25, 0.3) is 0 Å². The van der Waals surface area contributed by atoms with Crippen molar-refractivity contribution in [1.29, 1.82) is 0 Å². The van der Waals surface area contributed by atoms with E-state index in [9.17, 15) is 17.6 Å². The van der Waals surface area contributed by atoms with E-state index in [1.165, 1.54) is 36.0 Å². The Kier molecular flexibility index (Phi) is 6.71. The number of aliphatic hydroxyl groups excluding tert-OH is 1. The van der Waals surface area contributed by atoms with Crippen LogP contribution in [0.1, 0.15) is 22.6 Å². The summed E-state index contributed by atoms with van der Waals surface area (Å²) in [6.07, 6.45) is -0.472. The molecule has 31 heavy (non-hydrogen) atoms. The molecule has 0 bridgehead atoms. The van der Waals surface area contributed by atoms with Crippen LogP contribution in [0.4, 0.5) is 17.6 Å². The van der Waals surface area contributed by atoms with Crippen LogP contribution in [0.3, 0.4) is 0 Å². The van der Waals surface area contributed by atoms with Gasteiger partial charge in [-0.05, 0) is 41.5 Å². The number of aliphatic hydroxyl groups is 1. The molecule has 1 atom stereocenters. The lowest BCUT2D eigenvalue weighted by atomic mass is 9.89. The van der Waals surface area contributed by atoms with Crippen LogP contribution < -0.4 is 0 Å². The van der Waals surface area contributed by atoms with Crippen LogP contribution in [0.2, 0.25) is 0 Å². The Morgan fingerprint density at radius 3 is 2.42 bits per heavy atom. The molecule has 1 unspecified atom stereocenters. The van der Waals surface area contributed by atoms with E-state index in [1.54, 1.807) is 6.07 Å². The van der Waals surface area contributed by atoms with Crippen molar-refractivity contribution >= 4 is 11.8 Å². The molecule has 166 valence electrons. The zero-order valence-electron chi connectivity index (χ0n) is 16.9. The van der Waals surface area contributed by atoms with Crippen LogP contribution in [0.15, 0.2) is 58.3 Å². The molecule has 0 radical (unpaired) electrons. The monoisotopic (exact) mass is 452 g/mol. The van der Waals surface area contributed by atoms with Crippen molar-refractivity contribution in [3.63, 3.8) is 0 Å². The number of piperazine rings is 1. The fourth-order valence-corrected chi connectivity index (χ4v) is 5.25. The fraction of sp³-hybridized carbons (Fsp3) is 0.391. The molecule has 2 aromatic carbocycles. The van der Waals surface area contributed by atoms with Crippen molar-refractivity contribution < 1.29 is 22.7 Å². The van der Waals surface area contributed by atoms with Gasteiger partial charge in [0, 0.05) is 55.0 Å². The Morgan fingerprint density at radius 1 is 0.968 bits per heavy atom. The minimum Gasteiger partial charge on any atom is -0.395 e. The lowest BCUT2D eigenvalue weighted by Gasteiger charge is -2.33. The summed E-state index contributed by atoms with van der Waals surface area (Å²) in [5, 5.41) is 9.06. The van der Waals surface area contributed by atoms with Gasteiger partial charge in [-0.15, -0.1) is 0 Å². The average molecular weight is 453 g/mol. The van der Waals surface area contributed by atoms with E-state index < -0.39 is 11.7 Å². The maximum absolute atomic E-state index is 13.8. The molecular weight excluding hydrogens is 428 g/mol. The highest BCUT2D eigenvalue weighted by atomic mass is 32.2. The van der Waals surface area contributed by atoms with Crippen molar-refractivity contribution in [3.8, 4) is 0 Å². The third kappa shape index (κ3) is 5.14. The summed E-state index contributed by atoms with van der Waals surface area (Å²) < 4.78 is 53.7. The first kappa shape index (κ1) is 22.3. The Balaban J connectivity index is 1.57. The maximum Gasteiger partial charge on any atom is 0.416 e. The molecule has 0 aromatic heterocycles. The summed E-state index contributed by atoms with van der Waals surface area (Å²) in [6, 6.07) is 8.27. The van der Waals surface area contributed by atoms with Crippen molar-refractivity contribution in [2.24, 2.45) is 0 Å². The predicted octanol–water partition coefficient (Wildman–Crippen LogP) is 4.61. The average Bonchev–Trinajstić information content (AvgIpc) is 2.73. The van der Waals surface area contributed by atoms with Gasteiger partial charge in [-0.25, -0.2) is 4.39 Å². The number of rotatable bonds is 5. The molecule has 2 heterocycles. The highest BCUT2D eigenvalue weighted by Crippen LogP contribution is 2.48. The molecule has 2 aliphatic heterocycles. The van der Waals surface area contributed by atoms with Gasteiger partial charge < -0.3 is 5.11 Å². The van der Waals surface area contributed by atoms with Gasteiger partial charge >= 0.3 is 6.18 Å². The molecule has 1 N–H and O–H groups in total. The van der Waals surface area contributed by atoms with Crippen LogP contribution in [-0.4, -0.2) is 60.8 Å². The van der Waals surface area contributed by atoms with Crippen molar-refractivity contribution in [1.82, 2.24) is 9.80 Å². The van der Waals surface area contributed by atoms with E-state index in [-0.39, 0.29) is 18.3 Å². The van der Waals surface area contributed by atoms with Crippen molar-refractivity contribution in [3.05, 3.63) is 71.1 Å². The molecule has 0 saturated carbocycles. The van der Waals surface area contributed by atoms with Gasteiger partial charge in [0.2, 0.25) is 0 Å². The molecule has 0 aliphatic carbocycles. The lowest BCUT2D eigenvalue weighted by Crippen LogP contribution is -2.47. The number of hydrogen-bond donors (Lipinski definition) is 1. The molecule has 1 fully saturated rings. The number of halogens is 4. The largest absolute Gasteiger partial charge is 0.416 e. The van der Waals surface area contributed by atoms with Crippen LogP contribution in [0.5, 0.6) is 0 Å². The number of benzene rings is 2. The van der Waals surface area contributed by atoms with Gasteiger partial charge in [-0.2, -0.15) is 13.2 Å². The summed E-state index contributed by atoms with van der Waals surface area (Å²) in [5.74, 6) is -0.713. The molecule has 2 aromatic rings. The van der Waals surface area contributed by atoms with Crippen LogP contribution in [0, 0.1) is 5.82 Å². The zero-order valence-corrected chi connectivity index (χ0v) is 17.7. The second kappa shape index (κ2) is 9.32. The van der Waals surface area contributed by atoms with Crippen molar-refractivity contribution in [2.75, 3.05) is 45.9 Å². The van der Waals surface area contributed by atoms with Gasteiger partial charge in [-0.3, -0.25) is 9.80 Å². The SMILES string of the molecule is OCCN1CCN(CC=CC2c3ccc(F)cc3Sc3ccc(C(F)(F)F)cc32)CC1. The van der Waals surface area contributed by atoms with E-state index in [4.69, 9.17) is 5.11 Å². The number of fused-ring (bicyclic) bond motifs is 2. The molecule has 8 heteroatoms. The first-order valence-electron chi connectivity index (χ1n) is 10.3. The number of β-amino-alcohol motifs (C(OH)–C–C–N with tert-alkyl or cyclic N) is 1. The standard InChI is InChI=1S/C23H24F4N2OS/c24-17-4-5-19-18(2-1-7-28-8-10-29(11-9-28)12-13-30)20-14-16(23(25,26)27)3-6-21(20)31-22(19)15-17/h1-6,14-15,18,30H,7-13H2. The lowest BCUT2D eigenvalue weighted by molar-refractivity contribution is -0.137. The second-order valence-corrected chi connectivity index (χ2v) is 8.89. The van der Waals surface area contributed by atoms with Gasteiger partial charge in [0.25, 0.3) is 0 Å². The molecule has 0 spiro atoms. The minimum absolute atomic E-state index is 0.152. The topological polar surface area (TPSA) is 26.7 Å². The first-order valence-corrected chi connectivity index (χ1v) is 11.1. The number of nitrogens with zero attached hydrogens (tertiary/aromatic N) is 2. The Morgan fingerprint density at radius 2 is 1.71 bits per heavy atom. The summed E-state index contributed by atoms with van der Waals surface area (Å²) in [5.41, 5.74) is 0.751. The van der Waals surface area contributed by atoms with E-state index in [1.807, 2.05) is 12.2 Å². The third-order valence-corrected chi connectivity index (χ3v) is 6.94. The van der Waals surface area contributed by atoms with Crippen LogP contribution in [-0.2, 0) is 6.18 Å². The smallest absolute Gasteiger partial charge is 0.395 e. The van der Waals surface area contributed by atoms with Gasteiger partial charge in [0.05, 0.1) is 12.2 Å². The molecule has 3 nitrogen and oxygen atoms in total. The van der Waals surface area contributed by atoms with Crippen LogP contribution >= 0.6 is 11.8 Å². The van der Waals surface area contributed by atoms with Gasteiger partial charge in [0.15, 0.2) is 0 Å². The molecule has 0 amide bonds. The number of alkyl halides is 3. The Bertz CT molecular complexity index is 955. The van der Waals surface area contributed by atoms with Crippen molar-refractivity contribution in [2.45, 2.75) is 21.9 Å². The minimum atomic E-state index is -4.41. The highest BCUT2D eigenvalue weighted by Gasteiger charge is 2.33. The molecule has 1 saturated heterocycles. The Labute approximate surface area is 183 Å². The Hall–Kier alpha value is -1.87. The normalized spacial score (nSPS) is 20.1. The van der Waals surface area contributed by atoms with E-state index in [0.717, 1.165) is 47.6 Å². The quantitative estimate of drug-likeness (QED) is 0.530. The van der Waals surface area contributed by atoms with Gasteiger partial charge in [0.1, 0.15) is 5.82 Å². The summed E-state index contributed by atoms with van der Waals surface area (Å²) >= 11 is 1.31. The zero-order chi connectivity index (χ0) is 22.0. The molecule has 4 rings (SSSR count). The van der Waals surface area contributed by atoms with Gasteiger partial charge in [-0.1, -0.05) is 30.0 Å². The molecular formula is C23H24F4N2OS. The summed E-state index contributed by atoms with van der Waals surface area (Å²) in [6.45, 7) is 5.04. The van der Waals surface area contributed by atoms with E-state index in [0.29, 0.717) is 18.7 Å². The second-order valence-electron chi connectivity index (χ2n) is 7.81. The summed E-state index contributed by atoms with van der Waals surface area (Å²) in [4.78, 5) is 5.94.